The van der Waals surface area contributed by atoms with Crippen LogP contribution in [0.3, 0.4) is 0 Å². The molecule has 0 unspecified atom stereocenters. The molecule has 0 spiro atoms. The number of carbonyl (C=O) groups excluding carboxylic acids is 1. The lowest BCUT2D eigenvalue weighted by Gasteiger charge is -2.28. The zero-order valence-electron chi connectivity index (χ0n) is 20.3. The molecule has 1 fully saturated rings. The Morgan fingerprint density at radius 2 is 1.78 bits per heavy atom. The molecule has 1 aliphatic heterocycles. The highest BCUT2D eigenvalue weighted by Crippen LogP contribution is 2.22. The van der Waals surface area contributed by atoms with Gasteiger partial charge in [0.2, 0.25) is 10.0 Å². The molecule has 3 aromatic rings. The topological polar surface area (TPSA) is 121 Å². The van der Waals surface area contributed by atoms with Crippen LogP contribution in [-0.4, -0.2) is 55.1 Å². The number of benzene rings is 2. The van der Waals surface area contributed by atoms with Gasteiger partial charge in [-0.3, -0.25) is 19.9 Å². The highest BCUT2D eigenvalue weighted by molar-refractivity contribution is 7.89. The van der Waals surface area contributed by atoms with Crippen LogP contribution in [0.25, 0.3) is 10.9 Å². The van der Waals surface area contributed by atoms with Gasteiger partial charge in [0, 0.05) is 23.2 Å². The van der Waals surface area contributed by atoms with E-state index in [1.165, 1.54) is 12.1 Å². The predicted octanol–water partition coefficient (Wildman–Crippen LogP) is 3.15. The zero-order valence-corrected chi connectivity index (χ0v) is 21.1. The molecule has 0 radical (unpaired) electrons. The number of fused-ring (bicyclic) bond motifs is 1. The number of pyridine rings is 1. The van der Waals surface area contributed by atoms with Crippen LogP contribution in [0.1, 0.15) is 36.9 Å². The van der Waals surface area contributed by atoms with Gasteiger partial charge in [0.1, 0.15) is 18.4 Å². The van der Waals surface area contributed by atoms with E-state index in [0.29, 0.717) is 25.4 Å². The van der Waals surface area contributed by atoms with E-state index in [-0.39, 0.29) is 11.4 Å². The number of likely N-dealkylation sites (tertiary alicyclic amines) is 1. The smallest absolute Gasteiger partial charge is 0.262 e. The molecule has 0 saturated carbocycles. The van der Waals surface area contributed by atoms with E-state index < -0.39 is 22.0 Å². The third kappa shape index (κ3) is 6.38. The van der Waals surface area contributed by atoms with Crippen molar-refractivity contribution in [2.24, 2.45) is 0 Å². The van der Waals surface area contributed by atoms with E-state index in [9.17, 15) is 13.2 Å². The maximum Gasteiger partial charge on any atom is 0.262 e. The summed E-state index contributed by atoms with van der Waals surface area (Å²) in [5, 5.41) is 10.2. The van der Waals surface area contributed by atoms with Crippen LogP contribution in [0.15, 0.2) is 59.5 Å². The largest absolute Gasteiger partial charge is 0.489 e. The van der Waals surface area contributed by atoms with E-state index in [0.717, 1.165) is 47.8 Å². The van der Waals surface area contributed by atoms with Crippen LogP contribution in [0.2, 0.25) is 0 Å². The molecule has 36 heavy (non-hydrogen) atoms. The van der Waals surface area contributed by atoms with Gasteiger partial charge in [-0.25, -0.2) is 18.6 Å². The number of hydrogen-bond donors (Lipinski definition) is 3. The Kier molecular flexibility index (Phi) is 8.52. The zero-order chi connectivity index (χ0) is 25.5. The number of para-hydroxylation sites is 1. The van der Waals surface area contributed by atoms with Crippen molar-refractivity contribution >= 4 is 26.8 Å². The standard InChI is InChI=1S/C26H32N4O5S/c1-19-16-20(23-8-4-5-9-24(23)28-19)18-35-21-10-12-22(13-11-21)36(33,34)27-17-25(26(31)29-32)30-14-6-2-3-7-15-30/h4-5,8-13,16,25,27,32H,2-3,6-7,14-15,17-18H2,1H3,(H,29,31)/t25-/m0/s1. The first-order valence-corrected chi connectivity index (χ1v) is 13.6. The average Bonchev–Trinajstić information content (AvgIpc) is 3.17. The van der Waals surface area contributed by atoms with Gasteiger partial charge in [-0.15, -0.1) is 0 Å². The first kappa shape index (κ1) is 26.0. The summed E-state index contributed by atoms with van der Waals surface area (Å²) in [5.74, 6) is -0.0863. The Morgan fingerprint density at radius 3 is 2.47 bits per heavy atom. The third-order valence-electron chi connectivity index (χ3n) is 6.42. The van der Waals surface area contributed by atoms with Gasteiger partial charge in [0.15, 0.2) is 0 Å². The Balaban J connectivity index is 1.41. The minimum Gasteiger partial charge on any atom is -0.489 e. The number of hydroxylamine groups is 1. The van der Waals surface area contributed by atoms with Gasteiger partial charge >= 0.3 is 0 Å². The lowest BCUT2D eigenvalue weighted by Crippen LogP contribution is -2.52. The van der Waals surface area contributed by atoms with Gasteiger partial charge < -0.3 is 4.74 Å². The summed E-state index contributed by atoms with van der Waals surface area (Å²) in [7, 11) is -3.87. The molecule has 192 valence electrons. The molecule has 2 aromatic carbocycles. The van der Waals surface area contributed by atoms with Gasteiger partial charge in [0.25, 0.3) is 5.91 Å². The maximum atomic E-state index is 12.9. The van der Waals surface area contributed by atoms with Crippen LogP contribution in [0, 0.1) is 6.92 Å². The Labute approximate surface area is 211 Å². The molecule has 2 heterocycles. The molecular formula is C26H32N4O5S. The molecule has 0 bridgehead atoms. The van der Waals surface area contributed by atoms with Crippen LogP contribution in [0.4, 0.5) is 0 Å². The second-order valence-electron chi connectivity index (χ2n) is 8.99. The number of rotatable bonds is 9. The Hall–Kier alpha value is -3.05. The van der Waals surface area contributed by atoms with Crippen molar-refractivity contribution in [3.05, 3.63) is 65.9 Å². The SMILES string of the molecule is Cc1cc(COc2ccc(S(=O)(=O)NC[C@@H](C(=O)NO)N3CCCCCC3)cc2)c2ccccc2n1. The van der Waals surface area contributed by atoms with Crippen molar-refractivity contribution in [2.75, 3.05) is 19.6 Å². The Morgan fingerprint density at radius 1 is 1.08 bits per heavy atom. The van der Waals surface area contributed by atoms with Gasteiger partial charge in [-0.1, -0.05) is 31.0 Å². The number of aryl methyl sites for hydroxylation is 1. The fourth-order valence-corrected chi connectivity index (χ4v) is 5.57. The minimum atomic E-state index is -3.87. The lowest BCUT2D eigenvalue weighted by molar-refractivity contribution is -0.134. The number of aromatic nitrogens is 1. The van der Waals surface area contributed by atoms with Gasteiger partial charge in [0.05, 0.1) is 10.4 Å². The summed E-state index contributed by atoms with van der Waals surface area (Å²) in [6.45, 7) is 3.48. The normalized spacial score (nSPS) is 15.8. The van der Waals surface area contributed by atoms with Crippen molar-refractivity contribution in [2.45, 2.75) is 50.2 Å². The monoisotopic (exact) mass is 512 g/mol. The summed E-state index contributed by atoms with van der Waals surface area (Å²) in [4.78, 5) is 18.8. The molecule has 1 saturated heterocycles. The summed E-state index contributed by atoms with van der Waals surface area (Å²) >= 11 is 0. The number of nitrogens with one attached hydrogen (secondary N) is 2. The molecule has 1 atom stereocenters. The fraction of sp³-hybridized carbons (Fsp3) is 0.385. The van der Waals surface area contributed by atoms with Crippen molar-refractivity contribution in [3.63, 3.8) is 0 Å². The van der Waals surface area contributed by atoms with Crippen molar-refractivity contribution in [3.8, 4) is 5.75 Å². The number of nitrogens with zero attached hydrogens (tertiary/aromatic N) is 2. The summed E-state index contributed by atoms with van der Waals surface area (Å²) in [6.07, 6.45) is 4.00. The summed E-state index contributed by atoms with van der Waals surface area (Å²) in [6, 6.07) is 15.2. The van der Waals surface area contributed by atoms with Crippen molar-refractivity contribution in [1.29, 1.82) is 0 Å². The molecule has 3 N–H and O–H groups in total. The van der Waals surface area contributed by atoms with E-state index in [4.69, 9.17) is 9.94 Å². The number of ether oxygens (including phenoxy) is 1. The van der Waals surface area contributed by atoms with Crippen LogP contribution in [0.5, 0.6) is 5.75 Å². The van der Waals surface area contributed by atoms with Gasteiger partial charge in [-0.2, -0.15) is 0 Å². The van der Waals surface area contributed by atoms with E-state index in [1.54, 1.807) is 17.6 Å². The van der Waals surface area contributed by atoms with Crippen molar-refractivity contribution in [1.82, 2.24) is 20.1 Å². The van der Waals surface area contributed by atoms with E-state index in [2.05, 4.69) is 9.71 Å². The van der Waals surface area contributed by atoms with Crippen LogP contribution >= 0.6 is 0 Å². The number of hydrogen-bond acceptors (Lipinski definition) is 7. The van der Waals surface area contributed by atoms with Crippen LogP contribution in [-0.2, 0) is 21.4 Å². The first-order chi connectivity index (χ1) is 17.4. The third-order valence-corrected chi connectivity index (χ3v) is 7.86. The minimum absolute atomic E-state index is 0.0686. The predicted molar refractivity (Wildman–Crippen MR) is 136 cm³/mol. The maximum absolute atomic E-state index is 12.9. The second kappa shape index (κ2) is 11.8. The molecule has 0 aliphatic carbocycles. The highest BCUT2D eigenvalue weighted by atomic mass is 32.2. The number of sulfonamides is 1. The van der Waals surface area contributed by atoms with Crippen LogP contribution < -0.4 is 14.9 Å². The first-order valence-electron chi connectivity index (χ1n) is 12.1. The van der Waals surface area contributed by atoms with E-state index >= 15 is 0 Å². The molecule has 9 nitrogen and oxygen atoms in total. The second-order valence-corrected chi connectivity index (χ2v) is 10.8. The number of carbonyl (C=O) groups is 1. The molecule has 1 aromatic heterocycles. The van der Waals surface area contributed by atoms with Gasteiger partial charge in [-0.05, 0) is 69.3 Å². The lowest BCUT2D eigenvalue weighted by atomic mass is 10.1. The van der Waals surface area contributed by atoms with Crippen molar-refractivity contribution < 1.29 is 23.2 Å². The highest BCUT2D eigenvalue weighted by Gasteiger charge is 2.28. The molecular weight excluding hydrogens is 480 g/mol. The summed E-state index contributed by atoms with van der Waals surface area (Å²) < 4.78 is 34.3. The molecule has 1 aliphatic rings. The molecule has 10 heteroatoms. The average molecular weight is 513 g/mol. The molecule has 4 rings (SSSR count). The Bertz CT molecular complexity index is 1290. The summed E-state index contributed by atoms with van der Waals surface area (Å²) in [5.41, 5.74) is 4.47. The number of amides is 1. The van der Waals surface area contributed by atoms with E-state index in [1.807, 2.05) is 42.2 Å². The fourth-order valence-electron chi connectivity index (χ4n) is 4.53. The molecule has 1 amide bonds. The quantitative estimate of drug-likeness (QED) is 0.297.